The molecule has 1 unspecified atom stereocenters. The standard InChI is InChI=1S/C18H23N3O3S/c22-14-9-11(17(24)19-12-6-1-2-7-12)8-13-15(14)25-18(20-13)21-16(23)10-4-3-5-10/h10-12H,1-9H2,(H,19,24)(H,20,21,23). The second kappa shape index (κ2) is 6.86. The van der Waals surface area contributed by atoms with Gasteiger partial charge in [-0.25, -0.2) is 4.98 Å². The number of thiazole rings is 1. The fraction of sp³-hybridized carbons (Fsp3) is 0.667. The number of aromatic nitrogens is 1. The summed E-state index contributed by atoms with van der Waals surface area (Å²) in [6.45, 7) is 0. The minimum Gasteiger partial charge on any atom is -0.353 e. The van der Waals surface area contributed by atoms with E-state index in [-0.39, 0.29) is 41.9 Å². The molecule has 0 spiro atoms. The maximum absolute atomic E-state index is 12.5. The number of hydrogen-bond acceptors (Lipinski definition) is 5. The molecule has 1 aromatic heterocycles. The predicted octanol–water partition coefficient (Wildman–Crippen LogP) is 2.69. The molecule has 2 fully saturated rings. The van der Waals surface area contributed by atoms with Gasteiger partial charge >= 0.3 is 0 Å². The van der Waals surface area contributed by atoms with Crippen molar-refractivity contribution in [2.24, 2.45) is 11.8 Å². The zero-order valence-corrected chi connectivity index (χ0v) is 15.0. The second-order valence-corrected chi connectivity index (χ2v) is 8.43. The maximum Gasteiger partial charge on any atom is 0.229 e. The zero-order valence-electron chi connectivity index (χ0n) is 14.2. The highest BCUT2D eigenvalue weighted by molar-refractivity contribution is 7.17. The molecule has 0 aliphatic heterocycles. The van der Waals surface area contributed by atoms with Crippen LogP contribution in [0.3, 0.4) is 0 Å². The number of carbonyl (C=O) groups excluding carboxylic acids is 3. The van der Waals surface area contributed by atoms with Gasteiger partial charge in [0, 0.05) is 24.8 Å². The summed E-state index contributed by atoms with van der Waals surface area (Å²) in [5.74, 6) is -0.312. The number of anilines is 1. The van der Waals surface area contributed by atoms with Gasteiger partial charge < -0.3 is 10.6 Å². The molecule has 0 aromatic carbocycles. The van der Waals surface area contributed by atoms with Gasteiger partial charge in [-0.15, -0.1) is 0 Å². The Balaban J connectivity index is 1.41. The Bertz CT molecular complexity index is 704. The molecular weight excluding hydrogens is 338 g/mol. The van der Waals surface area contributed by atoms with E-state index in [2.05, 4.69) is 15.6 Å². The highest BCUT2D eigenvalue weighted by Crippen LogP contribution is 2.34. The molecule has 0 bridgehead atoms. The Kier molecular flexibility index (Phi) is 4.58. The van der Waals surface area contributed by atoms with Crippen LogP contribution in [0.2, 0.25) is 0 Å². The van der Waals surface area contributed by atoms with E-state index in [0.29, 0.717) is 22.1 Å². The number of carbonyl (C=O) groups is 3. The maximum atomic E-state index is 12.5. The molecule has 3 aliphatic rings. The van der Waals surface area contributed by atoms with Crippen molar-refractivity contribution in [2.75, 3.05) is 5.32 Å². The molecule has 25 heavy (non-hydrogen) atoms. The van der Waals surface area contributed by atoms with Crippen molar-refractivity contribution >= 4 is 34.1 Å². The van der Waals surface area contributed by atoms with Crippen LogP contribution in [0.4, 0.5) is 5.13 Å². The molecule has 134 valence electrons. The number of hydrogen-bond donors (Lipinski definition) is 2. The smallest absolute Gasteiger partial charge is 0.229 e. The number of ketones is 1. The first-order valence-electron chi connectivity index (χ1n) is 9.24. The van der Waals surface area contributed by atoms with Gasteiger partial charge in [0.1, 0.15) is 0 Å². The molecule has 6 nitrogen and oxygen atoms in total. The summed E-state index contributed by atoms with van der Waals surface area (Å²) in [5.41, 5.74) is 0.664. The molecule has 7 heteroatoms. The van der Waals surface area contributed by atoms with Crippen molar-refractivity contribution in [3.05, 3.63) is 10.6 Å². The van der Waals surface area contributed by atoms with Gasteiger partial charge in [0.25, 0.3) is 0 Å². The summed E-state index contributed by atoms with van der Waals surface area (Å²) in [6.07, 6.45) is 8.07. The molecule has 1 atom stereocenters. The van der Waals surface area contributed by atoms with Crippen LogP contribution in [0.15, 0.2) is 0 Å². The van der Waals surface area contributed by atoms with Crippen LogP contribution in [-0.4, -0.2) is 28.6 Å². The number of fused-ring (bicyclic) bond motifs is 1. The lowest BCUT2D eigenvalue weighted by atomic mass is 9.85. The number of amides is 2. The molecule has 2 amide bonds. The number of nitrogens with zero attached hydrogens (tertiary/aromatic N) is 1. The van der Waals surface area contributed by atoms with Gasteiger partial charge in [-0.1, -0.05) is 30.6 Å². The van der Waals surface area contributed by atoms with E-state index in [1.165, 1.54) is 11.3 Å². The van der Waals surface area contributed by atoms with E-state index in [9.17, 15) is 14.4 Å². The molecule has 3 aliphatic carbocycles. The Hall–Kier alpha value is -1.76. The molecular formula is C18H23N3O3S. The highest BCUT2D eigenvalue weighted by Gasteiger charge is 2.34. The van der Waals surface area contributed by atoms with Crippen molar-refractivity contribution in [2.45, 2.75) is 63.8 Å². The molecule has 4 rings (SSSR count). The van der Waals surface area contributed by atoms with E-state index in [1.54, 1.807) is 0 Å². The molecule has 1 aromatic rings. The van der Waals surface area contributed by atoms with Crippen molar-refractivity contribution in [1.29, 1.82) is 0 Å². The Morgan fingerprint density at radius 3 is 2.40 bits per heavy atom. The van der Waals surface area contributed by atoms with Gasteiger partial charge in [0.2, 0.25) is 11.8 Å². The lowest BCUT2D eigenvalue weighted by Gasteiger charge is -2.23. The van der Waals surface area contributed by atoms with Crippen LogP contribution in [0.1, 0.15) is 66.7 Å². The van der Waals surface area contributed by atoms with Crippen LogP contribution in [-0.2, 0) is 16.0 Å². The Labute approximate surface area is 150 Å². The SMILES string of the molecule is O=C1CC(C(=O)NC2CCCC2)Cc2nc(NC(=O)C3CCC3)sc21. The van der Waals surface area contributed by atoms with Gasteiger partial charge in [-0.2, -0.15) is 0 Å². The van der Waals surface area contributed by atoms with Crippen molar-refractivity contribution < 1.29 is 14.4 Å². The first kappa shape index (κ1) is 16.7. The minimum absolute atomic E-state index is 0.000298. The third-order valence-electron chi connectivity index (χ3n) is 5.60. The number of rotatable bonds is 4. The Morgan fingerprint density at radius 1 is 0.960 bits per heavy atom. The molecule has 2 saturated carbocycles. The van der Waals surface area contributed by atoms with E-state index >= 15 is 0 Å². The second-order valence-electron chi connectivity index (χ2n) is 7.43. The summed E-state index contributed by atoms with van der Waals surface area (Å²) in [7, 11) is 0. The summed E-state index contributed by atoms with van der Waals surface area (Å²) in [5, 5.41) is 6.42. The van der Waals surface area contributed by atoms with Gasteiger partial charge in [0.05, 0.1) is 16.5 Å². The minimum atomic E-state index is -0.335. The van der Waals surface area contributed by atoms with E-state index in [4.69, 9.17) is 0 Å². The number of nitrogens with one attached hydrogen (secondary N) is 2. The summed E-state index contributed by atoms with van der Waals surface area (Å²) >= 11 is 1.25. The topological polar surface area (TPSA) is 88.2 Å². The van der Waals surface area contributed by atoms with Crippen LogP contribution in [0, 0.1) is 11.8 Å². The lowest BCUT2D eigenvalue weighted by molar-refractivity contribution is -0.125. The quantitative estimate of drug-likeness (QED) is 0.863. The third kappa shape index (κ3) is 3.47. The summed E-state index contributed by atoms with van der Waals surface area (Å²) in [4.78, 5) is 42.0. The lowest BCUT2D eigenvalue weighted by Crippen LogP contribution is -2.40. The Morgan fingerprint density at radius 2 is 1.72 bits per heavy atom. The summed E-state index contributed by atoms with van der Waals surface area (Å²) in [6, 6.07) is 0.261. The fourth-order valence-corrected chi connectivity index (χ4v) is 4.78. The fourth-order valence-electron chi connectivity index (χ4n) is 3.84. The van der Waals surface area contributed by atoms with Crippen LogP contribution in [0.25, 0.3) is 0 Å². The number of Topliss-reactive ketones (excluding diaryl/α,β-unsaturated/α-hetero) is 1. The first-order chi connectivity index (χ1) is 12.1. The van der Waals surface area contributed by atoms with E-state index < -0.39 is 0 Å². The van der Waals surface area contributed by atoms with Crippen LogP contribution < -0.4 is 10.6 Å². The predicted molar refractivity (Wildman–Crippen MR) is 94.6 cm³/mol. The third-order valence-corrected chi connectivity index (χ3v) is 6.65. The van der Waals surface area contributed by atoms with Crippen molar-refractivity contribution in [3.63, 3.8) is 0 Å². The van der Waals surface area contributed by atoms with E-state index in [1.807, 2.05) is 0 Å². The summed E-state index contributed by atoms with van der Waals surface area (Å²) < 4.78 is 0. The normalized spacial score (nSPS) is 23.8. The molecule has 0 radical (unpaired) electrons. The van der Waals surface area contributed by atoms with Crippen LogP contribution >= 0.6 is 11.3 Å². The monoisotopic (exact) mass is 361 g/mol. The molecule has 1 heterocycles. The van der Waals surface area contributed by atoms with Gasteiger partial charge in [0.15, 0.2) is 10.9 Å². The van der Waals surface area contributed by atoms with Crippen LogP contribution in [0.5, 0.6) is 0 Å². The van der Waals surface area contributed by atoms with Gasteiger partial charge in [-0.3, -0.25) is 14.4 Å². The average molecular weight is 361 g/mol. The van der Waals surface area contributed by atoms with Gasteiger partial charge in [-0.05, 0) is 25.7 Å². The zero-order chi connectivity index (χ0) is 17.4. The van der Waals surface area contributed by atoms with Crippen molar-refractivity contribution in [1.82, 2.24) is 10.3 Å². The largest absolute Gasteiger partial charge is 0.353 e. The molecule has 2 N–H and O–H groups in total. The highest BCUT2D eigenvalue weighted by atomic mass is 32.1. The first-order valence-corrected chi connectivity index (χ1v) is 10.1. The van der Waals surface area contributed by atoms with Crippen molar-refractivity contribution in [3.8, 4) is 0 Å². The van der Waals surface area contributed by atoms with E-state index in [0.717, 1.165) is 44.9 Å². The average Bonchev–Trinajstić information content (AvgIpc) is 3.14. The molecule has 0 saturated heterocycles.